The lowest BCUT2D eigenvalue weighted by Gasteiger charge is -2.36. The van der Waals surface area contributed by atoms with Crippen LogP contribution in [0.4, 0.5) is 0 Å². The Hall–Kier alpha value is -2.30. The molecule has 24 heavy (non-hydrogen) atoms. The summed E-state index contributed by atoms with van der Waals surface area (Å²) < 4.78 is 0. The molecule has 0 bridgehead atoms. The van der Waals surface area contributed by atoms with Crippen molar-refractivity contribution in [2.24, 2.45) is 5.92 Å². The van der Waals surface area contributed by atoms with E-state index >= 15 is 0 Å². The minimum Gasteiger partial charge on any atom is -0.480 e. The van der Waals surface area contributed by atoms with Crippen LogP contribution in [0.25, 0.3) is 10.9 Å². The van der Waals surface area contributed by atoms with E-state index in [-0.39, 0.29) is 12.3 Å². The summed E-state index contributed by atoms with van der Waals surface area (Å²) in [5, 5.41) is 13.5. The first-order chi connectivity index (χ1) is 11.4. The predicted molar refractivity (Wildman–Crippen MR) is 92.9 cm³/mol. The Labute approximate surface area is 141 Å². The Kier molecular flexibility index (Phi) is 4.35. The lowest BCUT2D eigenvalue weighted by Crippen LogP contribution is -2.56. The highest BCUT2D eigenvalue weighted by molar-refractivity contribution is 5.92. The lowest BCUT2D eigenvalue weighted by molar-refractivity contribution is -0.149. The molecule has 1 aromatic carbocycles. The van der Waals surface area contributed by atoms with Crippen LogP contribution in [0.15, 0.2) is 24.4 Å². The van der Waals surface area contributed by atoms with Crippen molar-refractivity contribution in [2.45, 2.75) is 51.5 Å². The number of aromatic amines is 1. The van der Waals surface area contributed by atoms with Crippen molar-refractivity contribution in [3.05, 3.63) is 35.5 Å². The molecule has 3 N–H and O–H groups in total. The Bertz CT molecular complexity index is 770. The first-order valence-corrected chi connectivity index (χ1v) is 8.51. The summed E-state index contributed by atoms with van der Waals surface area (Å²) in [5.41, 5.74) is 1.95. The predicted octanol–water partition coefficient (Wildman–Crippen LogP) is 3.17. The molecule has 0 atom stereocenters. The number of benzene rings is 1. The normalized spacial score (nSPS) is 24.0. The van der Waals surface area contributed by atoms with E-state index in [9.17, 15) is 14.7 Å². The van der Waals surface area contributed by atoms with Crippen molar-refractivity contribution in [2.75, 3.05) is 0 Å². The monoisotopic (exact) mass is 328 g/mol. The van der Waals surface area contributed by atoms with Crippen molar-refractivity contribution in [3.8, 4) is 0 Å². The number of aryl methyl sites for hydroxylation is 1. The summed E-state index contributed by atoms with van der Waals surface area (Å²) in [5.74, 6) is -0.627. The van der Waals surface area contributed by atoms with Gasteiger partial charge >= 0.3 is 5.97 Å². The minimum atomic E-state index is -1.11. The molecular formula is C19H24N2O3. The molecule has 128 valence electrons. The first kappa shape index (κ1) is 16.6. The van der Waals surface area contributed by atoms with Crippen LogP contribution in [-0.2, 0) is 16.0 Å². The molecule has 5 nitrogen and oxygen atoms in total. The van der Waals surface area contributed by atoms with Crippen molar-refractivity contribution < 1.29 is 14.7 Å². The average Bonchev–Trinajstić information content (AvgIpc) is 2.94. The van der Waals surface area contributed by atoms with Gasteiger partial charge in [-0.05, 0) is 49.7 Å². The maximum Gasteiger partial charge on any atom is 0.329 e. The van der Waals surface area contributed by atoms with Crippen molar-refractivity contribution in [1.82, 2.24) is 10.3 Å². The Morgan fingerprint density at radius 2 is 2.04 bits per heavy atom. The fourth-order valence-electron chi connectivity index (χ4n) is 3.64. The van der Waals surface area contributed by atoms with Gasteiger partial charge < -0.3 is 15.4 Å². The lowest BCUT2D eigenvalue weighted by atomic mass is 9.77. The van der Waals surface area contributed by atoms with E-state index < -0.39 is 11.5 Å². The van der Waals surface area contributed by atoms with Crippen molar-refractivity contribution in [3.63, 3.8) is 0 Å². The molecule has 1 aromatic heterocycles. The van der Waals surface area contributed by atoms with Gasteiger partial charge in [-0.15, -0.1) is 0 Å². The number of carbonyl (C=O) groups excluding carboxylic acids is 1. The fourth-order valence-corrected chi connectivity index (χ4v) is 3.64. The molecule has 1 saturated carbocycles. The van der Waals surface area contributed by atoms with Gasteiger partial charge in [-0.3, -0.25) is 4.79 Å². The number of rotatable bonds is 4. The maximum absolute atomic E-state index is 12.5. The molecule has 5 heteroatoms. The number of aromatic nitrogens is 1. The molecule has 1 fully saturated rings. The van der Waals surface area contributed by atoms with Crippen LogP contribution in [0.5, 0.6) is 0 Å². The van der Waals surface area contributed by atoms with Crippen molar-refractivity contribution in [1.29, 1.82) is 0 Å². The summed E-state index contributed by atoms with van der Waals surface area (Å²) in [6.45, 7) is 4.15. The van der Waals surface area contributed by atoms with Crippen LogP contribution in [0.3, 0.4) is 0 Å². The summed E-state index contributed by atoms with van der Waals surface area (Å²) in [6.07, 6.45) is 4.70. The molecule has 3 rings (SSSR count). The van der Waals surface area contributed by atoms with E-state index in [2.05, 4.69) is 17.2 Å². The quantitative estimate of drug-likeness (QED) is 0.806. The molecule has 1 aliphatic carbocycles. The molecule has 1 amide bonds. The Balaban J connectivity index is 1.76. The van der Waals surface area contributed by atoms with Gasteiger partial charge in [0.2, 0.25) is 5.91 Å². The molecule has 0 aliphatic heterocycles. The van der Waals surface area contributed by atoms with E-state index in [1.165, 1.54) is 0 Å². The molecule has 0 unspecified atom stereocenters. The summed E-state index contributed by atoms with van der Waals surface area (Å²) in [4.78, 5) is 27.5. The smallest absolute Gasteiger partial charge is 0.329 e. The summed E-state index contributed by atoms with van der Waals surface area (Å²) >= 11 is 0. The number of hydrogen-bond donors (Lipinski definition) is 3. The fraction of sp³-hybridized carbons (Fsp3) is 0.474. The zero-order valence-corrected chi connectivity index (χ0v) is 14.2. The zero-order chi connectivity index (χ0) is 17.3. The van der Waals surface area contributed by atoms with E-state index in [4.69, 9.17) is 0 Å². The second-order valence-corrected chi connectivity index (χ2v) is 7.11. The highest BCUT2D eigenvalue weighted by Crippen LogP contribution is 2.32. The second kappa shape index (κ2) is 6.30. The number of carboxylic acids is 1. The second-order valence-electron chi connectivity index (χ2n) is 7.11. The van der Waals surface area contributed by atoms with Gasteiger partial charge in [0.15, 0.2) is 0 Å². The number of carbonyl (C=O) groups is 2. The first-order valence-electron chi connectivity index (χ1n) is 8.51. The zero-order valence-electron chi connectivity index (χ0n) is 14.2. The van der Waals surface area contributed by atoms with E-state index in [1.54, 1.807) is 0 Å². The topological polar surface area (TPSA) is 82.2 Å². The molecule has 0 saturated heterocycles. The average molecular weight is 328 g/mol. The van der Waals surface area contributed by atoms with Gasteiger partial charge in [0.05, 0.1) is 6.42 Å². The molecular weight excluding hydrogens is 304 g/mol. The standard InChI is InChI=1S/C19H24N2O3/c1-12-6-8-19(9-7-12,18(23)24)21-16(22)10-14-11-20-17-13(2)4-3-5-15(14)17/h3-5,11-12,20H,6-10H2,1-2H3,(H,21,22)(H,23,24). The minimum absolute atomic E-state index is 0.189. The third-order valence-corrected chi connectivity index (χ3v) is 5.28. The van der Waals surface area contributed by atoms with Crippen LogP contribution in [0, 0.1) is 12.8 Å². The molecule has 1 heterocycles. The van der Waals surface area contributed by atoms with Gasteiger partial charge in [0, 0.05) is 17.1 Å². The summed E-state index contributed by atoms with van der Waals surface area (Å²) in [6, 6.07) is 5.97. The van der Waals surface area contributed by atoms with Crippen LogP contribution < -0.4 is 5.32 Å². The van der Waals surface area contributed by atoms with Gasteiger partial charge in [0.1, 0.15) is 5.54 Å². The van der Waals surface area contributed by atoms with Gasteiger partial charge in [-0.2, -0.15) is 0 Å². The van der Waals surface area contributed by atoms with Crippen LogP contribution in [0.2, 0.25) is 0 Å². The van der Waals surface area contributed by atoms with Gasteiger partial charge in [-0.1, -0.05) is 25.1 Å². The Morgan fingerprint density at radius 1 is 1.33 bits per heavy atom. The molecule has 2 aromatic rings. The molecule has 0 radical (unpaired) electrons. The van der Waals surface area contributed by atoms with E-state index in [1.807, 2.05) is 31.3 Å². The van der Waals surface area contributed by atoms with Crippen LogP contribution in [0.1, 0.15) is 43.7 Å². The van der Waals surface area contributed by atoms with Crippen molar-refractivity contribution >= 4 is 22.8 Å². The van der Waals surface area contributed by atoms with Crippen LogP contribution in [-0.4, -0.2) is 27.5 Å². The third-order valence-electron chi connectivity index (χ3n) is 5.28. The van der Waals surface area contributed by atoms with Gasteiger partial charge in [-0.25, -0.2) is 4.79 Å². The number of amides is 1. The number of carboxylic acid groups (broad SMARTS) is 1. The van der Waals surface area contributed by atoms with E-state index in [0.717, 1.165) is 34.9 Å². The highest BCUT2D eigenvalue weighted by Gasteiger charge is 2.42. The molecule has 1 aliphatic rings. The largest absolute Gasteiger partial charge is 0.480 e. The third kappa shape index (κ3) is 3.03. The number of hydrogen-bond acceptors (Lipinski definition) is 2. The highest BCUT2D eigenvalue weighted by atomic mass is 16.4. The maximum atomic E-state index is 12.5. The number of H-pyrrole nitrogens is 1. The number of nitrogens with one attached hydrogen (secondary N) is 2. The SMILES string of the molecule is Cc1cccc2c(CC(=O)NC3(C(=O)O)CCC(C)CC3)c[nH]c12. The Morgan fingerprint density at radius 3 is 2.71 bits per heavy atom. The number of fused-ring (bicyclic) bond motifs is 1. The molecule has 0 spiro atoms. The van der Waals surface area contributed by atoms with E-state index in [0.29, 0.717) is 18.8 Å². The summed E-state index contributed by atoms with van der Waals surface area (Å²) in [7, 11) is 0. The number of aliphatic carboxylic acids is 1. The number of para-hydroxylation sites is 1. The van der Waals surface area contributed by atoms with Crippen LogP contribution >= 0.6 is 0 Å². The van der Waals surface area contributed by atoms with Gasteiger partial charge in [0.25, 0.3) is 0 Å².